The molecular formula is C10H18N4O. The van der Waals surface area contributed by atoms with Crippen molar-refractivity contribution in [3.8, 4) is 0 Å². The zero-order valence-corrected chi connectivity index (χ0v) is 9.06. The molecule has 1 fully saturated rings. The van der Waals surface area contributed by atoms with Crippen LogP contribution >= 0.6 is 0 Å². The van der Waals surface area contributed by atoms with Crippen molar-refractivity contribution >= 4 is 0 Å². The minimum Gasteiger partial charge on any atom is -0.385 e. The third-order valence-electron chi connectivity index (χ3n) is 2.70. The summed E-state index contributed by atoms with van der Waals surface area (Å²) in [5.74, 6) is 0. The Morgan fingerprint density at radius 2 is 2.47 bits per heavy atom. The molecule has 0 saturated carbocycles. The van der Waals surface area contributed by atoms with Gasteiger partial charge in [-0.1, -0.05) is 0 Å². The van der Waals surface area contributed by atoms with E-state index in [2.05, 4.69) is 15.3 Å². The predicted molar refractivity (Wildman–Crippen MR) is 57.5 cm³/mol. The van der Waals surface area contributed by atoms with E-state index in [-0.39, 0.29) is 0 Å². The van der Waals surface area contributed by atoms with Crippen LogP contribution in [-0.2, 0) is 6.54 Å². The summed E-state index contributed by atoms with van der Waals surface area (Å²) in [5.41, 5.74) is -0.725. The van der Waals surface area contributed by atoms with Gasteiger partial charge in [-0.3, -0.25) is 4.68 Å². The Kier molecular flexibility index (Phi) is 3.04. The maximum Gasteiger partial charge on any atom is 0.109 e. The highest BCUT2D eigenvalue weighted by atomic mass is 16.3. The molecule has 0 bridgehead atoms. The molecule has 0 aromatic carbocycles. The fourth-order valence-corrected chi connectivity index (χ4v) is 2.03. The van der Waals surface area contributed by atoms with Crippen LogP contribution in [0, 0.1) is 0 Å². The predicted octanol–water partition coefficient (Wildman–Crippen LogP) is -0.851. The summed E-state index contributed by atoms with van der Waals surface area (Å²) >= 11 is 0. The molecule has 1 saturated heterocycles. The highest BCUT2D eigenvalue weighted by Gasteiger charge is 2.30. The molecule has 5 heteroatoms. The van der Waals surface area contributed by atoms with Gasteiger partial charge in [0.05, 0.1) is 6.54 Å². The first-order valence-corrected chi connectivity index (χ1v) is 5.27. The van der Waals surface area contributed by atoms with Crippen molar-refractivity contribution in [2.24, 2.45) is 0 Å². The molecule has 0 spiro atoms. The maximum absolute atomic E-state index is 10.4. The monoisotopic (exact) mass is 210 g/mol. The van der Waals surface area contributed by atoms with Crippen molar-refractivity contribution in [3.63, 3.8) is 0 Å². The van der Waals surface area contributed by atoms with Gasteiger partial charge in [-0.15, -0.1) is 0 Å². The van der Waals surface area contributed by atoms with E-state index in [4.69, 9.17) is 0 Å². The third-order valence-corrected chi connectivity index (χ3v) is 2.70. The molecule has 2 rings (SSSR count). The van der Waals surface area contributed by atoms with Gasteiger partial charge in [0.1, 0.15) is 5.60 Å². The van der Waals surface area contributed by atoms with Crippen molar-refractivity contribution < 1.29 is 5.11 Å². The molecule has 1 aliphatic rings. The van der Waals surface area contributed by atoms with Crippen molar-refractivity contribution in [1.29, 1.82) is 0 Å². The van der Waals surface area contributed by atoms with Crippen molar-refractivity contribution in [2.45, 2.75) is 12.1 Å². The summed E-state index contributed by atoms with van der Waals surface area (Å²) < 4.78 is 1.78. The topological polar surface area (TPSA) is 53.3 Å². The van der Waals surface area contributed by atoms with Crippen LogP contribution in [0.4, 0.5) is 0 Å². The summed E-state index contributed by atoms with van der Waals surface area (Å²) in [6.07, 6.45) is 3.61. The van der Waals surface area contributed by atoms with Crippen LogP contribution in [0.5, 0.6) is 0 Å². The van der Waals surface area contributed by atoms with Crippen molar-refractivity contribution in [2.75, 3.05) is 33.2 Å². The van der Waals surface area contributed by atoms with Crippen LogP contribution in [0.15, 0.2) is 18.5 Å². The van der Waals surface area contributed by atoms with Crippen LogP contribution in [0.3, 0.4) is 0 Å². The van der Waals surface area contributed by atoms with Gasteiger partial charge in [0, 0.05) is 38.6 Å². The summed E-state index contributed by atoms with van der Waals surface area (Å²) in [6, 6.07) is 1.87. The van der Waals surface area contributed by atoms with E-state index >= 15 is 0 Å². The molecule has 1 atom stereocenters. The van der Waals surface area contributed by atoms with Crippen LogP contribution < -0.4 is 5.32 Å². The van der Waals surface area contributed by atoms with Crippen molar-refractivity contribution in [1.82, 2.24) is 20.0 Å². The fourth-order valence-electron chi connectivity index (χ4n) is 2.03. The second-order valence-corrected chi connectivity index (χ2v) is 4.34. The Hall–Kier alpha value is -0.910. The largest absolute Gasteiger partial charge is 0.385 e. The zero-order chi connectivity index (χ0) is 10.7. The first-order chi connectivity index (χ1) is 7.18. The molecule has 1 aromatic heterocycles. The number of nitrogens with zero attached hydrogens (tertiary/aromatic N) is 3. The number of hydrogen-bond acceptors (Lipinski definition) is 4. The average Bonchev–Trinajstić information content (AvgIpc) is 2.58. The molecule has 1 aromatic rings. The maximum atomic E-state index is 10.4. The normalized spacial score (nSPS) is 28.9. The van der Waals surface area contributed by atoms with Gasteiger partial charge < -0.3 is 15.3 Å². The van der Waals surface area contributed by atoms with E-state index in [0.717, 1.165) is 13.1 Å². The molecule has 15 heavy (non-hydrogen) atoms. The molecule has 84 valence electrons. The van der Waals surface area contributed by atoms with Crippen LogP contribution in [0.1, 0.15) is 0 Å². The number of nitrogens with one attached hydrogen (secondary N) is 1. The molecule has 2 heterocycles. The lowest BCUT2D eigenvalue weighted by Gasteiger charge is -2.29. The smallest absolute Gasteiger partial charge is 0.109 e. The highest BCUT2D eigenvalue weighted by Crippen LogP contribution is 2.10. The molecule has 2 N–H and O–H groups in total. The second kappa shape index (κ2) is 4.30. The number of likely N-dealkylation sites (N-methyl/N-ethyl adjacent to an activating group) is 1. The van der Waals surface area contributed by atoms with E-state index < -0.39 is 5.60 Å². The van der Waals surface area contributed by atoms with Gasteiger partial charge in [0.25, 0.3) is 0 Å². The minimum absolute atomic E-state index is 0.539. The number of aromatic nitrogens is 2. The Labute approximate surface area is 89.7 Å². The van der Waals surface area contributed by atoms with E-state index in [1.165, 1.54) is 0 Å². The summed E-state index contributed by atoms with van der Waals surface area (Å²) in [6.45, 7) is 3.74. The average molecular weight is 210 g/mol. The van der Waals surface area contributed by atoms with Crippen LogP contribution in [0.2, 0.25) is 0 Å². The van der Waals surface area contributed by atoms with Crippen molar-refractivity contribution in [3.05, 3.63) is 18.5 Å². The summed E-state index contributed by atoms with van der Waals surface area (Å²) in [4.78, 5) is 2.14. The molecule has 1 aliphatic heterocycles. The quantitative estimate of drug-likeness (QED) is 0.667. The van der Waals surface area contributed by atoms with Crippen LogP contribution in [-0.4, -0.2) is 58.6 Å². The highest BCUT2D eigenvalue weighted by molar-refractivity contribution is 4.89. The van der Waals surface area contributed by atoms with Crippen LogP contribution in [0.25, 0.3) is 0 Å². The molecule has 0 aliphatic carbocycles. The lowest BCUT2D eigenvalue weighted by molar-refractivity contribution is 0.00440. The Bertz CT molecular complexity index is 300. The van der Waals surface area contributed by atoms with E-state index in [1.54, 1.807) is 10.9 Å². The van der Waals surface area contributed by atoms with E-state index in [0.29, 0.717) is 19.6 Å². The van der Waals surface area contributed by atoms with Gasteiger partial charge in [-0.25, -0.2) is 0 Å². The number of hydrogen-bond donors (Lipinski definition) is 2. The van der Waals surface area contributed by atoms with Gasteiger partial charge in [0.2, 0.25) is 0 Å². The van der Waals surface area contributed by atoms with Gasteiger partial charge in [-0.05, 0) is 13.1 Å². The van der Waals surface area contributed by atoms with E-state index in [9.17, 15) is 5.11 Å². The fraction of sp³-hybridized carbons (Fsp3) is 0.700. The molecular weight excluding hydrogens is 192 g/mol. The standard InChI is InChI=1S/C10H18N4O/c1-13-6-4-11-7-10(15,8-13)9-14-5-2-3-12-14/h2-3,5,11,15H,4,6-9H2,1H3. The lowest BCUT2D eigenvalue weighted by atomic mass is 10.0. The molecule has 0 amide bonds. The van der Waals surface area contributed by atoms with E-state index in [1.807, 2.05) is 19.3 Å². The molecule has 0 radical (unpaired) electrons. The Morgan fingerprint density at radius 1 is 1.60 bits per heavy atom. The number of aliphatic hydroxyl groups is 1. The Morgan fingerprint density at radius 3 is 3.20 bits per heavy atom. The molecule has 1 unspecified atom stereocenters. The minimum atomic E-state index is -0.725. The number of rotatable bonds is 2. The first kappa shape index (κ1) is 10.6. The van der Waals surface area contributed by atoms with Gasteiger partial charge in [0.15, 0.2) is 0 Å². The molecule has 5 nitrogen and oxygen atoms in total. The second-order valence-electron chi connectivity index (χ2n) is 4.34. The van der Waals surface area contributed by atoms with Gasteiger partial charge in [-0.2, -0.15) is 5.10 Å². The zero-order valence-electron chi connectivity index (χ0n) is 9.06. The summed E-state index contributed by atoms with van der Waals surface area (Å²) in [5, 5.41) is 17.8. The summed E-state index contributed by atoms with van der Waals surface area (Å²) in [7, 11) is 2.03. The third kappa shape index (κ3) is 2.77. The lowest BCUT2D eigenvalue weighted by Crippen LogP contribution is -2.48. The number of β-amino-alcohol motifs (C(OH)–C–C–N with tert-alkyl or cyclic N) is 1. The SMILES string of the molecule is CN1CCNCC(O)(Cn2cccn2)C1. The first-order valence-electron chi connectivity index (χ1n) is 5.27. The van der Waals surface area contributed by atoms with Gasteiger partial charge >= 0.3 is 0 Å². The Balaban J connectivity index is 2.03.